The fraction of sp³-hybridized carbons (Fsp3) is 0.0769. The van der Waals surface area contributed by atoms with E-state index in [4.69, 9.17) is 15.9 Å². The van der Waals surface area contributed by atoms with Crippen LogP contribution >= 0.6 is 15.9 Å². The number of nitro benzene ring substituents is 1. The SMILES string of the molecule is Cc1ccc(C(=N)N)c(Oc2c(Br)cccc2[N+](=O)[O-])n1. The van der Waals surface area contributed by atoms with E-state index in [2.05, 4.69) is 20.9 Å². The molecule has 0 aliphatic carbocycles. The van der Waals surface area contributed by atoms with E-state index in [0.717, 1.165) is 0 Å². The highest BCUT2D eigenvalue weighted by Gasteiger charge is 2.21. The van der Waals surface area contributed by atoms with Crippen molar-refractivity contribution in [2.75, 3.05) is 0 Å². The van der Waals surface area contributed by atoms with Crippen LogP contribution in [0.15, 0.2) is 34.8 Å². The molecule has 0 saturated heterocycles. The number of nitrogens with one attached hydrogen (secondary N) is 1. The topological polar surface area (TPSA) is 115 Å². The van der Waals surface area contributed by atoms with Crippen LogP contribution in [0.5, 0.6) is 11.6 Å². The zero-order chi connectivity index (χ0) is 15.6. The first kappa shape index (κ1) is 14.9. The molecule has 0 fully saturated rings. The van der Waals surface area contributed by atoms with Gasteiger partial charge < -0.3 is 10.5 Å². The molecule has 1 aromatic carbocycles. The molecule has 21 heavy (non-hydrogen) atoms. The van der Waals surface area contributed by atoms with Crippen molar-refractivity contribution in [1.82, 2.24) is 4.98 Å². The van der Waals surface area contributed by atoms with Gasteiger partial charge in [0.1, 0.15) is 5.84 Å². The van der Waals surface area contributed by atoms with Crippen molar-refractivity contribution in [3.8, 4) is 11.6 Å². The number of hydrogen-bond acceptors (Lipinski definition) is 5. The molecule has 3 N–H and O–H groups in total. The minimum atomic E-state index is -0.552. The highest BCUT2D eigenvalue weighted by atomic mass is 79.9. The third-order valence-corrected chi connectivity index (χ3v) is 3.26. The van der Waals surface area contributed by atoms with Gasteiger partial charge in [-0.2, -0.15) is 0 Å². The number of aromatic nitrogens is 1. The van der Waals surface area contributed by atoms with Gasteiger partial charge in [0, 0.05) is 11.8 Å². The number of nitro groups is 1. The lowest BCUT2D eigenvalue weighted by Crippen LogP contribution is -2.13. The summed E-state index contributed by atoms with van der Waals surface area (Å²) in [6.45, 7) is 1.74. The van der Waals surface area contributed by atoms with Gasteiger partial charge in [-0.1, -0.05) is 6.07 Å². The smallest absolute Gasteiger partial charge is 0.312 e. The van der Waals surface area contributed by atoms with Crippen molar-refractivity contribution < 1.29 is 9.66 Å². The number of nitrogens with two attached hydrogens (primary N) is 1. The zero-order valence-electron chi connectivity index (χ0n) is 11.0. The summed E-state index contributed by atoms with van der Waals surface area (Å²) in [6.07, 6.45) is 0. The summed E-state index contributed by atoms with van der Waals surface area (Å²) in [5.41, 5.74) is 6.18. The normalized spacial score (nSPS) is 10.2. The Morgan fingerprint density at radius 1 is 1.43 bits per heavy atom. The number of ether oxygens (including phenoxy) is 1. The van der Waals surface area contributed by atoms with Crippen molar-refractivity contribution in [1.29, 1.82) is 5.41 Å². The molecule has 1 aromatic heterocycles. The van der Waals surface area contributed by atoms with E-state index in [9.17, 15) is 10.1 Å². The predicted molar refractivity (Wildman–Crippen MR) is 80.9 cm³/mol. The molecule has 0 radical (unpaired) electrons. The Labute approximate surface area is 128 Å². The number of pyridine rings is 1. The molecule has 8 heteroatoms. The fourth-order valence-electron chi connectivity index (χ4n) is 1.65. The maximum Gasteiger partial charge on any atom is 0.312 e. The number of rotatable bonds is 4. The second kappa shape index (κ2) is 5.88. The molecule has 0 saturated carbocycles. The van der Waals surface area contributed by atoms with Gasteiger partial charge in [0.15, 0.2) is 0 Å². The van der Waals surface area contributed by atoms with E-state index < -0.39 is 4.92 Å². The van der Waals surface area contributed by atoms with Crippen LogP contribution in [-0.4, -0.2) is 15.7 Å². The summed E-state index contributed by atoms with van der Waals surface area (Å²) in [4.78, 5) is 14.7. The van der Waals surface area contributed by atoms with Crippen molar-refractivity contribution >= 4 is 27.5 Å². The molecule has 0 atom stereocenters. The van der Waals surface area contributed by atoms with Gasteiger partial charge in [-0.25, -0.2) is 4.98 Å². The van der Waals surface area contributed by atoms with Crippen molar-refractivity contribution in [3.63, 3.8) is 0 Å². The van der Waals surface area contributed by atoms with Crippen molar-refractivity contribution in [2.24, 2.45) is 5.73 Å². The Bertz CT molecular complexity index is 733. The van der Waals surface area contributed by atoms with E-state index in [0.29, 0.717) is 10.2 Å². The molecule has 2 aromatic rings. The van der Waals surface area contributed by atoms with Gasteiger partial charge in [0.05, 0.1) is 15.0 Å². The van der Waals surface area contributed by atoms with E-state index >= 15 is 0 Å². The van der Waals surface area contributed by atoms with Crippen LogP contribution in [0, 0.1) is 22.4 Å². The Balaban J connectivity index is 2.55. The van der Waals surface area contributed by atoms with E-state index in [-0.39, 0.29) is 28.7 Å². The van der Waals surface area contributed by atoms with Gasteiger partial charge in [0.2, 0.25) is 11.6 Å². The Hall–Kier alpha value is -2.48. The Morgan fingerprint density at radius 3 is 2.76 bits per heavy atom. The monoisotopic (exact) mass is 350 g/mol. The van der Waals surface area contributed by atoms with E-state index in [1.54, 1.807) is 25.1 Å². The molecule has 0 amide bonds. The summed E-state index contributed by atoms with van der Waals surface area (Å²) < 4.78 is 5.97. The van der Waals surface area contributed by atoms with Gasteiger partial charge in [0.25, 0.3) is 0 Å². The van der Waals surface area contributed by atoms with E-state index in [1.165, 1.54) is 12.1 Å². The van der Waals surface area contributed by atoms with E-state index in [1.807, 2.05) is 0 Å². The highest BCUT2D eigenvalue weighted by Crippen LogP contribution is 2.38. The molecule has 7 nitrogen and oxygen atoms in total. The molecule has 0 aliphatic rings. The first-order chi connectivity index (χ1) is 9.90. The van der Waals surface area contributed by atoms with Crippen molar-refractivity contribution in [3.05, 3.63) is 56.2 Å². The maximum atomic E-state index is 11.1. The maximum absolute atomic E-state index is 11.1. The molecule has 0 spiro atoms. The number of benzene rings is 1. The number of aryl methyl sites for hydroxylation is 1. The zero-order valence-corrected chi connectivity index (χ0v) is 12.5. The molecule has 0 unspecified atom stereocenters. The lowest BCUT2D eigenvalue weighted by Gasteiger charge is -2.11. The van der Waals surface area contributed by atoms with Crippen LogP contribution in [-0.2, 0) is 0 Å². The van der Waals surface area contributed by atoms with Crippen LogP contribution in [0.25, 0.3) is 0 Å². The number of halogens is 1. The number of nitrogens with zero attached hydrogens (tertiary/aromatic N) is 2. The second-order valence-corrected chi connectivity index (χ2v) is 5.02. The van der Waals surface area contributed by atoms with Crippen LogP contribution in [0.4, 0.5) is 5.69 Å². The van der Waals surface area contributed by atoms with Crippen LogP contribution in [0.1, 0.15) is 11.3 Å². The van der Waals surface area contributed by atoms with Crippen molar-refractivity contribution in [2.45, 2.75) is 6.92 Å². The molecule has 1 heterocycles. The highest BCUT2D eigenvalue weighted by molar-refractivity contribution is 9.10. The predicted octanol–water partition coefficient (Wildman–Crippen LogP) is 3.14. The minimum Gasteiger partial charge on any atom is -0.430 e. The Kier molecular flexibility index (Phi) is 4.18. The number of nitrogen functional groups attached to an aromatic ring is 1. The Morgan fingerprint density at radius 2 is 2.14 bits per heavy atom. The average molecular weight is 351 g/mol. The van der Waals surface area contributed by atoms with Gasteiger partial charge in [-0.15, -0.1) is 0 Å². The molecule has 2 rings (SSSR count). The van der Waals surface area contributed by atoms with Crippen LogP contribution < -0.4 is 10.5 Å². The number of para-hydroxylation sites is 1. The number of amidine groups is 1. The summed E-state index contributed by atoms with van der Waals surface area (Å²) in [5.74, 6) is -0.159. The summed E-state index contributed by atoms with van der Waals surface area (Å²) in [6, 6.07) is 7.74. The summed E-state index contributed by atoms with van der Waals surface area (Å²) >= 11 is 3.21. The van der Waals surface area contributed by atoms with Crippen LogP contribution in [0.2, 0.25) is 0 Å². The number of hydrogen-bond donors (Lipinski definition) is 2. The van der Waals surface area contributed by atoms with Gasteiger partial charge in [-0.05, 0) is 41.1 Å². The first-order valence-corrected chi connectivity index (χ1v) is 6.62. The fourth-order valence-corrected chi connectivity index (χ4v) is 2.09. The second-order valence-electron chi connectivity index (χ2n) is 4.17. The third kappa shape index (κ3) is 3.16. The molecule has 0 aliphatic heterocycles. The first-order valence-electron chi connectivity index (χ1n) is 5.83. The molecular formula is C13H11BrN4O3. The van der Waals surface area contributed by atoms with Crippen LogP contribution in [0.3, 0.4) is 0 Å². The third-order valence-electron chi connectivity index (χ3n) is 2.63. The molecule has 0 bridgehead atoms. The van der Waals surface area contributed by atoms with Gasteiger partial charge >= 0.3 is 5.69 Å². The minimum absolute atomic E-state index is 0.0168. The van der Waals surface area contributed by atoms with Gasteiger partial charge in [-0.3, -0.25) is 15.5 Å². The standard InChI is InChI=1S/C13H11BrN4O3/c1-7-5-6-8(12(15)16)13(17-7)21-11-9(14)3-2-4-10(11)18(19)20/h2-6H,1H3,(H3,15,16). The lowest BCUT2D eigenvalue weighted by atomic mass is 10.2. The molecular weight excluding hydrogens is 340 g/mol. The molecule has 108 valence electrons. The quantitative estimate of drug-likeness (QED) is 0.380. The average Bonchev–Trinajstić information content (AvgIpc) is 2.40. The summed E-state index contributed by atoms with van der Waals surface area (Å²) in [7, 11) is 0. The lowest BCUT2D eigenvalue weighted by molar-refractivity contribution is -0.385. The summed E-state index contributed by atoms with van der Waals surface area (Å²) in [5, 5.41) is 18.6. The largest absolute Gasteiger partial charge is 0.430 e.